The molecular weight excluding hydrogens is 416 g/mol. The maximum Gasteiger partial charge on any atom is 0.333 e. The molecule has 0 spiro atoms. The highest BCUT2D eigenvalue weighted by Gasteiger charge is 2.23. The maximum atomic E-state index is 13.6. The molecule has 2 heterocycles. The molecule has 0 amide bonds. The van der Waals surface area contributed by atoms with Gasteiger partial charge in [0.2, 0.25) is 0 Å². The van der Waals surface area contributed by atoms with Crippen LogP contribution in [-0.2, 0) is 13.1 Å². The SMILES string of the molecule is N#Cc1ccccc1Cn1c(N2CCCC(N)C2)cc(=O)n(Cc2ccccc2C#N)c1=O. The number of nitriles is 2. The Labute approximate surface area is 191 Å². The van der Waals surface area contributed by atoms with Gasteiger partial charge in [-0.05, 0) is 36.1 Å². The molecule has 1 fully saturated rings. The molecule has 3 aromatic rings. The predicted octanol–water partition coefficient (Wildman–Crippen LogP) is 1.78. The zero-order chi connectivity index (χ0) is 23.4. The Balaban J connectivity index is 1.86. The third kappa shape index (κ3) is 4.57. The van der Waals surface area contributed by atoms with Crippen molar-refractivity contribution in [3.05, 3.63) is 97.7 Å². The molecule has 1 atom stereocenters. The van der Waals surface area contributed by atoms with Crippen LogP contribution in [0.4, 0.5) is 5.82 Å². The first-order valence-electron chi connectivity index (χ1n) is 10.8. The summed E-state index contributed by atoms with van der Waals surface area (Å²) in [4.78, 5) is 28.7. The topological polar surface area (TPSA) is 121 Å². The number of hydrogen-bond acceptors (Lipinski definition) is 6. The minimum Gasteiger partial charge on any atom is -0.356 e. The summed E-state index contributed by atoms with van der Waals surface area (Å²) in [7, 11) is 0. The summed E-state index contributed by atoms with van der Waals surface area (Å²) < 4.78 is 2.67. The Morgan fingerprint density at radius 2 is 1.48 bits per heavy atom. The van der Waals surface area contributed by atoms with E-state index in [9.17, 15) is 20.1 Å². The molecular formula is C25H24N6O2. The number of benzene rings is 2. The Hall–Kier alpha value is -4.14. The van der Waals surface area contributed by atoms with E-state index in [0.29, 0.717) is 41.2 Å². The fraction of sp³-hybridized carbons (Fsp3) is 0.280. The fourth-order valence-electron chi connectivity index (χ4n) is 4.25. The first-order chi connectivity index (χ1) is 16.0. The number of rotatable bonds is 5. The van der Waals surface area contributed by atoms with Gasteiger partial charge in [0.15, 0.2) is 0 Å². The van der Waals surface area contributed by atoms with Crippen LogP contribution < -0.4 is 21.9 Å². The monoisotopic (exact) mass is 440 g/mol. The van der Waals surface area contributed by atoms with Crippen LogP contribution in [-0.4, -0.2) is 28.3 Å². The lowest BCUT2D eigenvalue weighted by atomic mass is 10.1. The van der Waals surface area contributed by atoms with Crippen molar-refractivity contribution in [3.8, 4) is 12.1 Å². The van der Waals surface area contributed by atoms with Crippen LogP contribution in [0.15, 0.2) is 64.2 Å². The van der Waals surface area contributed by atoms with Crippen molar-refractivity contribution in [1.82, 2.24) is 9.13 Å². The van der Waals surface area contributed by atoms with Crippen molar-refractivity contribution in [2.24, 2.45) is 5.73 Å². The Kier molecular flexibility index (Phi) is 6.39. The molecule has 166 valence electrons. The van der Waals surface area contributed by atoms with E-state index < -0.39 is 11.2 Å². The van der Waals surface area contributed by atoms with Gasteiger partial charge in [0, 0.05) is 25.2 Å². The van der Waals surface area contributed by atoms with E-state index in [-0.39, 0.29) is 19.1 Å². The second-order valence-corrected chi connectivity index (χ2v) is 8.18. The predicted molar refractivity (Wildman–Crippen MR) is 125 cm³/mol. The second kappa shape index (κ2) is 9.56. The number of nitrogens with zero attached hydrogens (tertiary/aromatic N) is 5. The highest BCUT2D eigenvalue weighted by Crippen LogP contribution is 2.19. The molecule has 1 unspecified atom stereocenters. The lowest BCUT2D eigenvalue weighted by molar-refractivity contribution is 0.490. The number of aromatic nitrogens is 2. The number of anilines is 1. The third-order valence-electron chi connectivity index (χ3n) is 5.97. The number of hydrogen-bond donors (Lipinski definition) is 1. The standard InChI is InChI=1S/C25H24N6O2/c26-13-18-6-1-3-8-20(18)15-30-23(29-11-5-10-22(28)17-29)12-24(32)31(25(30)33)16-21-9-4-2-7-19(21)14-27/h1-4,6-9,12,22H,5,10-11,15-17,28H2. The number of piperidine rings is 1. The van der Waals surface area contributed by atoms with Crippen LogP contribution in [0.25, 0.3) is 0 Å². The molecule has 8 heteroatoms. The zero-order valence-electron chi connectivity index (χ0n) is 18.1. The van der Waals surface area contributed by atoms with Gasteiger partial charge in [0.05, 0.1) is 36.4 Å². The van der Waals surface area contributed by atoms with Crippen molar-refractivity contribution in [2.45, 2.75) is 32.0 Å². The average Bonchev–Trinajstić information content (AvgIpc) is 2.83. The van der Waals surface area contributed by atoms with Crippen molar-refractivity contribution in [1.29, 1.82) is 10.5 Å². The lowest BCUT2D eigenvalue weighted by Crippen LogP contribution is -2.48. The summed E-state index contributed by atoms with van der Waals surface area (Å²) in [6, 6.07) is 19.7. The minimum atomic E-state index is -0.489. The van der Waals surface area contributed by atoms with E-state index in [0.717, 1.165) is 17.4 Å². The van der Waals surface area contributed by atoms with E-state index >= 15 is 0 Å². The molecule has 0 radical (unpaired) electrons. The highest BCUT2D eigenvalue weighted by molar-refractivity contribution is 5.43. The van der Waals surface area contributed by atoms with E-state index in [1.807, 2.05) is 11.0 Å². The molecule has 4 rings (SSSR count). The lowest BCUT2D eigenvalue weighted by Gasteiger charge is -2.34. The third-order valence-corrected chi connectivity index (χ3v) is 5.97. The van der Waals surface area contributed by atoms with Crippen LogP contribution >= 0.6 is 0 Å². The zero-order valence-corrected chi connectivity index (χ0v) is 18.1. The molecule has 33 heavy (non-hydrogen) atoms. The van der Waals surface area contributed by atoms with E-state index in [4.69, 9.17) is 5.73 Å². The van der Waals surface area contributed by atoms with E-state index in [1.54, 1.807) is 42.5 Å². The molecule has 1 aliphatic rings. The highest BCUT2D eigenvalue weighted by atomic mass is 16.2. The smallest absolute Gasteiger partial charge is 0.333 e. The fourth-order valence-corrected chi connectivity index (χ4v) is 4.25. The summed E-state index contributed by atoms with van der Waals surface area (Å²) >= 11 is 0. The van der Waals surface area contributed by atoms with Crippen molar-refractivity contribution in [3.63, 3.8) is 0 Å². The first kappa shape index (κ1) is 22.1. The average molecular weight is 441 g/mol. The molecule has 0 bridgehead atoms. The summed E-state index contributed by atoms with van der Waals surface area (Å²) in [6.07, 6.45) is 1.75. The molecule has 1 aliphatic heterocycles. The van der Waals surface area contributed by atoms with Gasteiger partial charge in [-0.15, -0.1) is 0 Å². The normalized spacial score (nSPS) is 15.6. The van der Waals surface area contributed by atoms with E-state index in [1.165, 1.54) is 10.6 Å². The van der Waals surface area contributed by atoms with Crippen molar-refractivity contribution in [2.75, 3.05) is 18.0 Å². The molecule has 1 saturated heterocycles. The van der Waals surface area contributed by atoms with E-state index in [2.05, 4.69) is 12.1 Å². The molecule has 0 saturated carbocycles. The Bertz CT molecular complexity index is 1380. The van der Waals surface area contributed by atoms with Gasteiger partial charge >= 0.3 is 5.69 Å². The van der Waals surface area contributed by atoms with Gasteiger partial charge in [0.1, 0.15) is 5.82 Å². The van der Waals surface area contributed by atoms with Gasteiger partial charge in [-0.25, -0.2) is 4.79 Å². The molecule has 1 aromatic heterocycles. The largest absolute Gasteiger partial charge is 0.356 e. The number of nitrogens with two attached hydrogens (primary N) is 1. The van der Waals surface area contributed by atoms with Crippen LogP contribution in [0.3, 0.4) is 0 Å². The summed E-state index contributed by atoms with van der Waals surface area (Å²) in [5.74, 6) is 0.498. The van der Waals surface area contributed by atoms with Crippen molar-refractivity contribution >= 4 is 5.82 Å². The molecule has 2 N–H and O–H groups in total. The van der Waals surface area contributed by atoms with Crippen LogP contribution in [0.5, 0.6) is 0 Å². The van der Waals surface area contributed by atoms with Gasteiger partial charge in [-0.2, -0.15) is 10.5 Å². The summed E-state index contributed by atoms with van der Waals surface area (Å²) in [6.45, 7) is 1.36. The van der Waals surface area contributed by atoms with Gasteiger partial charge in [-0.3, -0.25) is 13.9 Å². The minimum absolute atomic E-state index is 0.0128. The summed E-state index contributed by atoms with van der Waals surface area (Å²) in [5.41, 5.74) is 7.40. The molecule has 2 aromatic carbocycles. The van der Waals surface area contributed by atoms with Crippen LogP contribution in [0.2, 0.25) is 0 Å². The van der Waals surface area contributed by atoms with Crippen LogP contribution in [0, 0.1) is 22.7 Å². The van der Waals surface area contributed by atoms with Gasteiger partial charge < -0.3 is 10.6 Å². The Morgan fingerprint density at radius 3 is 2.06 bits per heavy atom. The molecule has 0 aliphatic carbocycles. The quantitative estimate of drug-likeness (QED) is 0.646. The second-order valence-electron chi connectivity index (χ2n) is 8.18. The molecule has 8 nitrogen and oxygen atoms in total. The van der Waals surface area contributed by atoms with Crippen LogP contribution in [0.1, 0.15) is 35.1 Å². The Morgan fingerprint density at radius 1 is 0.909 bits per heavy atom. The van der Waals surface area contributed by atoms with Crippen molar-refractivity contribution < 1.29 is 0 Å². The summed E-state index contributed by atoms with van der Waals surface area (Å²) in [5, 5.41) is 18.9. The first-order valence-corrected chi connectivity index (χ1v) is 10.8. The van der Waals surface area contributed by atoms with Gasteiger partial charge in [0.25, 0.3) is 5.56 Å². The maximum absolute atomic E-state index is 13.6. The van der Waals surface area contributed by atoms with Gasteiger partial charge in [-0.1, -0.05) is 36.4 Å².